The van der Waals surface area contributed by atoms with Crippen molar-refractivity contribution in [3.63, 3.8) is 0 Å². The molecule has 2 bridgehead atoms. The summed E-state index contributed by atoms with van der Waals surface area (Å²) in [6.45, 7) is 10.6. The molecule has 1 fully saturated rings. The first kappa shape index (κ1) is 15.5. The predicted molar refractivity (Wildman–Crippen MR) is 97.0 cm³/mol. The van der Waals surface area contributed by atoms with Crippen LogP contribution in [0.4, 0.5) is 5.69 Å². The molecule has 0 aliphatic heterocycles. The van der Waals surface area contributed by atoms with Crippen LogP contribution in [0.5, 0.6) is 0 Å². The lowest BCUT2D eigenvalue weighted by Crippen LogP contribution is -2.10. The summed E-state index contributed by atoms with van der Waals surface area (Å²) in [6, 6.07) is 4.65. The fraction of sp³-hybridized carbons (Fsp3) is 0.571. The first-order chi connectivity index (χ1) is 10.6. The molecule has 0 N–H and O–H groups in total. The number of aryl methyl sites for hydroxylation is 1. The molecule has 1 aromatic carbocycles. The zero-order chi connectivity index (χ0) is 15.7. The van der Waals surface area contributed by atoms with Crippen LogP contribution in [0.3, 0.4) is 0 Å². The average molecular weight is 295 g/mol. The molecule has 0 aromatic heterocycles. The quantitative estimate of drug-likeness (QED) is 0.596. The van der Waals surface area contributed by atoms with Gasteiger partial charge in [-0.3, -0.25) is 4.99 Å². The highest BCUT2D eigenvalue weighted by molar-refractivity contribution is 5.71. The Hall–Kier alpha value is -1.37. The molecule has 3 atom stereocenters. The van der Waals surface area contributed by atoms with Crippen LogP contribution in [0.15, 0.2) is 23.2 Å². The minimum absolute atomic E-state index is 0.800. The number of nitrogens with zero attached hydrogens (tertiary/aromatic N) is 1. The van der Waals surface area contributed by atoms with Gasteiger partial charge < -0.3 is 0 Å². The van der Waals surface area contributed by atoms with E-state index in [1.165, 1.54) is 48.8 Å². The molecule has 1 saturated carbocycles. The number of allylic oxidation sites excluding steroid dienone is 2. The van der Waals surface area contributed by atoms with E-state index < -0.39 is 0 Å². The van der Waals surface area contributed by atoms with Crippen LogP contribution < -0.4 is 0 Å². The zero-order valence-corrected chi connectivity index (χ0v) is 14.4. The van der Waals surface area contributed by atoms with Gasteiger partial charge in [-0.25, -0.2) is 0 Å². The molecule has 1 heteroatoms. The van der Waals surface area contributed by atoms with E-state index in [1.54, 1.807) is 5.57 Å². The van der Waals surface area contributed by atoms with E-state index in [9.17, 15) is 0 Å². The Morgan fingerprint density at radius 3 is 2.77 bits per heavy atom. The molecule has 3 rings (SSSR count). The Labute approximate surface area is 135 Å². The molecule has 0 radical (unpaired) electrons. The molecule has 0 spiro atoms. The summed E-state index contributed by atoms with van der Waals surface area (Å²) in [6.07, 6.45) is 10.4. The van der Waals surface area contributed by atoms with Gasteiger partial charge in [-0.1, -0.05) is 26.0 Å². The van der Waals surface area contributed by atoms with E-state index in [-0.39, 0.29) is 0 Å². The number of hydrogen-bond acceptors (Lipinski definition) is 1. The van der Waals surface area contributed by atoms with Gasteiger partial charge in [0.1, 0.15) is 0 Å². The van der Waals surface area contributed by atoms with Crippen molar-refractivity contribution in [1.82, 2.24) is 0 Å². The third kappa shape index (κ3) is 2.91. The number of benzene rings is 1. The smallest absolute Gasteiger partial charge is 0.0660 e. The lowest BCUT2D eigenvalue weighted by Gasteiger charge is -2.23. The summed E-state index contributed by atoms with van der Waals surface area (Å²) in [5, 5.41) is 0. The Kier molecular flexibility index (Phi) is 4.52. The fourth-order valence-corrected chi connectivity index (χ4v) is 4.42. The second-order valence-electron chi connectivity index (χ2n) is 7.33. The van der Waals surface area contributed by atoms with Crippen LogP contribution in [-0.2, 0) is 6.42 Å². The summed E-state index contributed by atoms with van der Waals surface area (Å²) in [5.74, 6) is 2.65. The third-order valence-corrected chi connectivity index (χ3v) is 6.03. The molecule has 22 heavy (non-hydrogen) atoms. The first-order valence-corrected chi connectivity index (χ1v) is 8.93. The molecule has 3 unspecified atom stereocenters. The predicted octanol–water partition coefficient (Wildman–Crippen LogP) is 6.12. The molecule has 0 saturated heterocycles. The largest absolute Gasteiger partial charge is 0.264 e. The van der Waals surface area contributed by atoms with Gasteiger partial charge in [0.25, 0.3) is 0 Å². The maximum atomic E-state index is 4.26. The lowest BCUT2D eigenvalue weighted by atomic mass is 9.82. The van der Waals surface area contributed by atoms with Crippen molar-refractivity contribution in [2.75, 3.05) is 0 Å². The summed E-state index contributed by atoms with van der Waals surface area (Å²) >= 11 is 0. The maximum Gasteiger partial charge on any atom is 0.0660 e. The van der Waals surface area contributed by atoms with Crippen molar-refractivity contribution in [3.8, 4) is 0 Å². The molecule has 118 valence electrons. The highest BCUT2D eigenvalue weighted by atomic mass is 14.7. The highest BCUT2D eigenvalue weighted by Crippen LogP contribution is 2.43. The Balaban J connectivity index is 2.00. The second-order valence-corrected chi connectivity index (χ2v) is 7.33. The summed E-state index contributed by atoms with van der Waals surface area (Å²) in [7, 11) is 0. The van der Waals surface area contributed by atoms with E-state index in [2.05, 4.69) is 50.7 Å². The van der Waals surface area contributed by atoms with Gasteiger partial charge >= 0.3 is 0 Å². The van der Waals surface area contributed by atoms with Gasteiger partial charge in [0, 0.05) is 0 Å². The van der Waals surface area contributed by atoms with Crippen molar-refractivity contribution < 1.29 is 0 Å². The van der Waals surface area contributed by atoms with Crippen LogP contribution >= 0.6 is 0 Å². The number of fused-ring (bicyclic) bond motifs is 2. The van der Waals surface area contributed by atoms with Gasteiger partial charge in [0.15, 0.2) is 0 Å². The van der Waals surface area contributed by atoms with Crippen LogP contribution in [0.1, 0.15) is 62.6 Å². The second kappa shape index (κ2) is 6.40. The van der Waals surface area contributed by atoms with Crippen molar-refractivity contribution in [2.24, 2.45) is 22.7 Å². The molecule has 2 aliphatic carbocycles. The van der Waals surface area contributed by atoms with Gasteiger partial charge in [-0.05, 0) is 98.2 Å². The van der Waals surface area contributed by atoms with Crippen molar-refractivity contribution >= 4 is 18.0 Å². The van der Waals surface area contributed by atoms with Crippen molar-refractivity contribution in [2.45, 2.75) is 59.3 Å². The monoisotopic (exact) mass is 295 g/mol. The first-order valence-electron chi connectivity index (χ1n) is 8.93. The molecule has 0 heterocycles. The van der Waals surface area contributed by atoms with E-state index in [0.717, 1.165) is 29.9 Å². The lowest BCUT2D eigenvalue weighted by molar-refractivity contribution is 0.340. The minimum atomic E-state index is 0.800. The van der Waals surface area contributed by atoms with E-state index in [4.69, 9.17) is 0 Å². The van der Waals surface area contributed by atoms with Crippen molar-refractivity contribution in [1.29, 1.82) is 0 Å². The molecule has 1 aromatic rings. The Morgan fingerprint density at radius 1 is 1.23 bits per heavy atom. The highest BCUT2D eigenvalue weighted by Gasteiger charge is 2.29. The Morgan fingerprint density at radius 2 is 2.05 bits per heavy atom. The minimum Gasteiger partial charge on any atom is -0.264 e. The molecule has 2 aliphatic rings. The summed E-state index contributed by atoms with van der Waals surface area (Å²) in [4.78, 5) is 4.26. The van der Waals surface area contributed by atoms with Gasteiger partial charge in [-0.15, -0.1) is 0 Å². The Bertz CT molecular complexity index is 596. The normalized spacial score (nSPS) is 30.3. The van der Waals surface area contributed by atoms with E-state index in [1.807, 2.05) is 0 Å². The van der Waals surface area contributed by atoms with Crippen LogP contribution in [-0.4, -0.2) is 6.72 Å². The maximum absolute atomic E-state index is 4.26. The number of hydrogen-bond donors (Lipinski definition) is 0. The fourth-order valence-electron chi connectivity index (χ4n) is 4.42. The van der Waals surface area contributed by atoms with Gasteiger partial charge in [-0.2, -0.15) is 0 Å². The van der Waals surface area contributed by atoms with Crippen LogP contribution in [0.25, 0.3) is 5.57 Å². The molecule has 1 nitrogen and oxygen atoms in total. The number of aliphatic imine (C=N–C) groups is 1. The zero-order valence-electron chi connectivity index (χ0n) is 14.4. The van der Waals surface area contributed by atoms with Gasteiger partial charge in [0.05, 0.1) is 5.69 Å². The SMILES string of the molecule is C=Nc1cc(/C2=C/C3CCC(C3)C(C)CC2)cc(CC)c1C. The van der Waals surface area contributed by atoms with Gasteiger partial charge in [0.2, 0.25) is 0 Å². The van der Waals surface area contributed by atoms with Crippen LogP contribution in [0.2, 0.25) is 0 Å². The van der Waals surface area contributed by atoms with Crippen LogP contribution in [0, 0.1) is 24.7 Å². The van der Waals surface area contributed by atoms with Crippen molar-refractivity contribution in [3.05, 3.63) is 34.9 Å². The number of rotatable bonds is 3. The molecule has 0 amide bonds. The topological polar surface area (TPSA) is 12.4 Å². The average Bonchev–Trinajstić information content (AvgIpc) is 3.00. The summed E-state index contributed by atoms with van der Waals surface area (Å²) in [5.41, 5.74) is 6.72. The molecular formula is C21H29N. The van der Waals surface area contributed by atoms with E-state index >= 15 is 0 Å². The molecular weight excluding hydrogens is 266 g/mol. The third-order valence-electron chi connectivity index (χ3n) is 6.03. The van der Waals surface area contributed by atoms with E-state index in [0.29, 0.717) is 0 Å². The summed E-state index contributed by atoms with van der Waals surface area (Å²) < 4.78 is 0. The standard InChI is InChI=1S/C21H29N/c1-5-17-12-20(13-21(22-4)15(17)3)19-8-6-14(2)18-9-7-16(10-18)11-19/h11-14,16,18H,4-10H2,1-3H3/b19-11+.